The molecule has 0 saturated heterocycles. The Morgan fingerprint density at radius 1 is 0.439 bits per heavy atom. The molecule has 0 unspecified atom stereocenters. The van der Waals surface area contributed by atoms with Crippen LogP contribution in [-0.4, -0.2) is 35.3 Å². The molecule has 3 aromatic heterocycles. The van der Waals surface area contributed by atoms with Crippen molar-refractivity contribution in [3.63, 3.8) is 0 Å². The van der Waals surface area contributed by atoms with Crippen LogP contribution in [0.4, 0.5) is 0 Å². The van der Waals surface area contributed by atoms with Crippen LogP contribution in [0.2, 0.25) is 0 Å². The number of nitrogens with zero attached hydrogens (tertiary/aromatic N) is 2. The number of thiophene rings is 2. The first-order chi connectivity index (χ1) is 40.4. The SMILES string of the molecule is CCc1ccc(C2=[N+]3C(=Cc4c5ccc(OC)cc5c(-c5ccc(CC)s5)n4[B-]3(C#Cc3ccc4c5cccc6cccc(c7cccc3c74)c65)C#Cc3ccc4c5cccc6cccc(c7cccc3c74)c65)c3ccc(OC)cc32)s1. The molecular formula is C75H49BN2O2S2. The lowest BCUT2D eigenvalue weighted by Crippen LogP contribution is -2.56. The van der Waals surface area contributed by atoms with Gasteiger partial charge in [-0.05, 0) is 172 Å². The van der Waals surface area contributed by atoms with E-state index in [1.54, 1.807) is 14.2 Å². The minimum Gasteiger partial charge on any atom is -0.497 e. The van der Waals surface area contributed by atoms with Crippen molar-refractivity contribution >= 4 is 144 Å². The summed E-state index contributed by atoms with van der Waals surface area (Å²) in [6.45, 7) is 4.48. The molecule has 7 heteroatoms. The Hall–Kier alpha value is -9.63. The maximum Gasteiger partial charge on any atom is 0.521 e. The largest absolute Gasteiger partial charge is 0.521 e. The van der Waals surface area contributed by atoms with Gasteiger partial charge in [-0.3, -0.25) is 0 Å². The maximum absolute atomic E-state index is 6.10. The van der Waals surface area contributed by atoms with Gasteiger partial charge >= 0.3 is 6.42 Å². The Kier molecular flexibility index (Phi) is 10.2. The average molecular weight is 1090 g/mol. The van der Waals surface area contributed by atoms with Gasteiger partial charge in [0.2, 0.25) is 0 Å². The number of hydrogen-bond donors (Lipinski definition) is 0. The van der Waals surface area contributed by atoms with E-state index in [1.165, 1.54) is 85.2 Å². The quantitative estimate of drug-likeness (QED) is 0.0718. The standard InChI is InChI=1S/C75H49BN2O2S2/c1-5-50-29-35-68(81-50)74-64-41-48(79-3)27-33-54(64)66-43-67-55-34-28-49(80-4)42-65(55)75(69-36-30-51(6-2)82-69)78(67)76(77(66)74,39-37-44-25-31-62-58-21-9-15-46-13-7-19-56(70(46)58)60-23-11-17-52(44)72(60)62)40-38-45-26-32-63-59-22-10-16-47-14-8-20-57(71(47)59)61-24-12-18-53(45)73(61)63/h7-36,41-43H,5-6H2,1-4H3. The zero-order chi connectivity index (χ0) is 54.5. The van der Waals surface area contributed by atoms with Crippen LogP contribution in [0.15, 0.2) is 194 Å². The second-order valence-electron chi connectivity index (χ2n) is 21.9. The molecule has 0 fully saturated rings. The van der Waals surface area contributed by atoms with Crippen molar-refractivity contribution in [2.24, 2.45) is 0 Å². The molecule has 2 aliphatic heterocycles. The number of rotatable bonds is 6. The van der Waals surface area contributed by atoms with Gasteiger partial charge in [-0.15, -0.1) is 34.5 Å². The number of fused-ring (bicyclic) bond motifs is 10. The van der Waals surface area contributed by atoms with Crippen LogP contribution in [0.1, 0.15) is 56.4 Å². The first-order valence-electron chi connectivity index (χ1n) is 28.3. The zero-order valence-corrected chi connectivity index (χ0v) is 47.2. The maximum atomic E-state index is 6.10. The molecule has 0 bridgehead atoms. The van der Waals surface area contributed by atoms with Crippen molar-refractivity contribution in [3.05, 3.63) is 237 Å². The van der Waals surface area contributed by atoms with Crippen LogP contribution in [-0.2, 0) is 12.8 Å². The fourth-order valence-corrected chi connectivity index (χ4v) is 16.3. The minimum absolute atomic E-state index is 0.796. The summed E-state index contributed by atoms with van der Waals surface area (Å²) in [5, 5.41) is 21.9. The van der Waals surface area contributed by atoms with Crippen molar-refractivity contribution in [2.45, 2.75) is 26.7 Å². The van der Waals surface area contributed by atoms with Crippen molar-refractivity contribution in [1.29, 1.82) is 0 Å². The number of aryl methyl sites for hydroxylation is 2. The molecule has 12 aromatic carbocycles. The minimum atomic E-state index is -2.55. The summed E-state index contributed by atoms with van der Waals surface area (Å²) in [4.78, 5) is 4.93. The number of aromatic nitrogens is 1. The van der Waals surface area contributed by atoms with Crippen LogP contribution in [0.3, 0.4) is 0 Å². The molecular weight excluding hydrogens is 1040 g/mol. The smallest absolute Gasteiger partial charge is 0.497 e. The second kappa shape index (κ2) is 17.7. The fraction of sp³-hybridized carbons (Fsp3) is 0.0800. The predicted octanol–water partition coefficient (Wildman–Crippen LogP) is 18.5. The average Bonchev–Trinajstić information content (AvgIpc) is 3.08. The highest BCUT2D eigenvalue weighted by molar-refractivity contribution is 7.15. The Morgan fingerprint density at radius 2 is 0.902 bits per heavy atom. The molecule has 0 amide bonds. The van der Waals surface area contributed by atoms with Gasteiger partial charge in [-0.25, -0.2) is 0 Å². The van der Waals surface area contributed by atoms with Crippen LogP contribution >= 0.6 is 22.7 Å². The van der Waals surface area contributed by atoms with Crippen molar-refractivity contribution < 1.29 is 14.0 Å². The monoisotopic (exact) mass is 1080 g/mol. The van der Waals surface area contributed by atoms with Gasteiger partial charge in [0.25, 0.3) is 0 Å². The van der Waals surface area contributed by atoms with Crippen LogP contribution < -0.4 is 9.47 Å². The number of ether oxygens (including phenoxy) is 2. The molecule has 0 aliphatic carbocycles. The van der Waals surface area contributed by atoms with Gasteiger partial charge < -0.3 is 18.4 Å². The Bertz CT molecular complexity index is 5190. The highest BCUT2D eigenvalue weighted by Gasteiger charge is 2.52. The summed E-state index contributed by atoms with van der Waals surface area (Å²) in [6.07, 6.45) is 1.70. The lowest BCUT2D eigenvalue weighted by molar-refractivity contribution is -0.279. The predicted molar refractivity (Wildman–Crippen MR) is 349 cm³/mol. The van der Waals surface area contributed by atoms with Crippen LogP contribution in [0, 0.1) is 23.5 Å². The van der Waals surface area contributed by atoms with Crippen molar-refractivity contribution in [3.8, 4) is 45.6 Å². The van der Waals surface area contributed by atoms with E-state index in [1.807, 2.05) is 22.7 Å². The van der Waals surface area contributed by atoms with E-state index in [0.29, 0.717) is 0 Å². The molecule has 5 heterocycles. The molecule has 0 radical (unpaired) electrons. The van der Waals surface area contributed by atoms with Crippen LogP contribution in [0.5, 0.6) is 11.5 Å². The number of methoxy groups -OCH3 is 2. The van der Waals surface area contributed by atoms with Gasteiger partial charge in [-0.1, -0.05) is 135 Å². The fourth-order valence-electron chi connectivity index (χ4n) is 14.3. The highest BCUT2D eigenvalue weighted by atomic mass is 32.1. The Balaban J connectivity index is 1.06. The normalized spacial score (nSPS) is 13.6. The van der Waals surface area contributed by atoms with Gasteiger partial charge in [0.1, 0.15) is 11.5 Å². The molecule has 0 N–H and O–H groups in total. The van der Waals surface area contributed by atoms with Gasteiger partial charge in [0, 0.05) is 54.0 Å². The molecule has 17 rings (SSSR count). The van der Waals surface area contributed by atoms with Gasteiger partial charge in [0.15, 0.2) is 11.4 Å². The zero-order valence-electron chi connectivity index (χ0n) is 45.6. The van der Waals surface area contributed by atoms with E-state index < -0.39 is 6.42 Å². The summed E-state index contributed by atoms with van der Waals surface area (Å²) >= 11 is 3.69. The second-order valence-corrected chi connectivity index (χ2v) is 24.3. The van der Waals surface area contributed by atoms with Crippen LogP contribution in [0.25, 0.3) is 119 Å². The number of hydrogen-bond acceptors (Lipinski definition) is 4. The van der Waals surface area contributed by atoms with E-state index in [-0.39, 0.29) is 0 Å². The van der Waals surface area contributed by atoms with E-state index >= 15 is 0 Å². The lowest BCUT2D eigenvalue weighted by atomic mass is 9.45. The Labute approximate surface area is 482 Å². The molecule has 0 saturated carbocycles. The summed E-state index contributed by atoms with van der Waals surface area (Å²) in [5.41, 5.74) is 8.37. The third kappa shape index (κ3) is 6.49. The number of benzene rings is 12. The van der Waals surface area contributed by atoms with E-state index in [4.69, 9.17) is 9.47 Å². The summed E-state index contributed by atoms with van der Waals surface area (Å²) in [6, 6.07) is 71.8. The third-order valence-corrected chi connectivity index (χ3v) is 20.4. The topological polar surface area (TPSA) is 26.4 Å². The van der Waals surface area contributed by atoms with Gasteiger partial charge in [0.05, 0.1) is 30.2 Å². The molecule has 82 heavy (non-hydrogen) atoms. The Morgan fingerprint density at radius 3 is 1.44 bits per heavy atom. The molecule has 386 valence electrons. The van der Waals surface area contributed by atoms with E-state index in [2.05, 4.69) is 246 Å². The van der Waals surface area contributed by atoms with E-state index in [0.717, 1.165) is 101 Å². The highest BCUT2D eigenvalue weighted by Crippen LogP contribution is 2.50. The summed E-state index contributed by atoms with van der Waals surface area (Å²) in [5.74, 6) is 18.3. The van der Waals surface area contributed by atoms with Crippen molar-refractivity contribution in [1.82, 2.24) is 4.48 Å². The summed E-state index contributed by atoms with van der Waals surface area (Å²) in [7, 11) is 3.52. The molecule has 2 aliphatic rings. The molecule has 0 atom stereocenters. The molecule has 0 spiro atoms. The molecule has 4 nitrogen and oxygen atoms in total. The van der Waals surface area contributed by atoms with E-state index in [9.17, 15) is 0 Å². The summed E-state index contributed by atoms with van der Waals surface area (Å²) < 4.78 is 17.3. The third-order valence-electron chi connectivity index (χ3n) is 17.9. The first-order valence-corrected chi connectivity index (χ1v) is 29.9. The van der Waals surface area contributed by atoms with Crippen molar-refractivity contribution in [2.75, 3.05) is 14.2 Å². The lowest BCUT2D eigenvalue weighted by Gasteiger charge is -2.36. The van der Waals surface area contributed by atoms with Gasteiger partial charge in [-0.2, -0.15) is 11.6 Å². The molecule has 15 aromatic rings. The first kappa shape index (κ1) is 47.2.